The molecule has 110 valence electrons. The zero-order chi connectivity index (χ0) is 14.5. The molecular formula is C15H23N3O2. The molecule has 1 aliphatic carbocycles. The molecule has 2 rings (SSSR count). The molecule has 1 fully saturated rings. The van der Waals surface area contributed by atoms with Gasteiger partial charge in [0.15, 0.2) is 0 Å². The monoisotopic (exact) mass is 277 g/mol. The molecule has 20 heavy (non-hydrogen) atoms. The average molecular weight is 277 g/mol. The maximum absolute atomic E-state index is 12.1. The lowest BCUT2D eigenvalue weighted by atomic mass is 9.86. The lowest BCUT2D eigenvalue weighted by Gasteiger charge is -2.27. The third-order valence-corrected chi connectivity index (χ3v) is 3.86. The molecule has 0 aliphatic heterocycles. The van der Waals surface area contributed by atoms with Gasteiger partial charge in [0.25, 0.3) is 5.91 Å². The number of rotatable bonds is 4. The Labute approximate surface area is 120 Å². The van der Waals surface area contributed by atoms with Crippen LogP contribution in [-0.4, -0.2) is 42.7 Å². The predicted molar refractivity (Wildman–Crippen MR) is 78.9 cm³/mol. The number of pyridine rings is 1. The Morgan fingerprint density at radius 3 is 2.90 bits per heavy atom. The highest BCUT2D eigenvalue weighted by molar-refractivity contribution is 5.94. The highest BCUT2D eigenvalue weighted by atomic mass is 16.3. The minimum atomic E-state index is -0.279. The van der Waals surface area contributed by atoms with Crippen molar-refractivity contribution in [2.75, 3.05) is 25.5 Å². The molecule has 1 saturated carbocycles. The largest absolute Gasteiger partial charge is 0.393 e. The van der Waals surface area contributed by atoms with Crippen LogP contribution in [-0.2, 0) is 0 Å². The van der Waals surface area contributed by atoms with Crippen LogP contribution in [0.15, 0.2) is 18.3 Å². The molecule has 0 aromatic carbocycles. The van der Waals surface area contributed by atoms with Gasteiger partial charge in [-0.05, 0) is 25.0 Å². The summed E-state index contributed by atoms with van der Waals surface area (Å²) >= 11 is 0. The lowest BCUT2D eigenvalue weighted by molar-refractivity contribution is 0.0663. The molecule has 5 nitrogen and oxygen atoms in total. The van der Waals surface area contributed by atoms with Crippen LogP contribution in [0.4, 0.5) is 5.82 Å². The second-order valence-corrected chi connectivity index (χ2v) is 5.62. The van der Waals surface area contributed by atoms with Crippen molar-refractivity contribution in [2.24, 2.45) is 5.92 Å². The van der Waals surface area contributed by atoms with E-state index in [2.05, 4.69) is 10.3 Å². The normalized spacial score (nSPS) is 22.4. The standard InChI is InChI=1S/C15H23N3O2/c1-18(2)14-9-11(7-8-16-14)15(20)17-10-12-5-3-4-6-13(12)19/h7-9,12-13,19H,3-6,10H2,1-2H3,(H,17,20). The number of anilines is 1. The summed E-state index contributed by atoms with van der Waals surface area (Å²) in [6.45, 7) is 0.541. The highest BCUT2D eigenvalue weighted by Gasteiger charge is 2.23. The minimum absolute atomic E-state index is 0.103. The number of hydrogen-bond acceptors (Lipinski definition) is 4. The summed E-state index contributed by atoms with van der Waals surface area (Å²) in [6, 6.07) is 3.48. The van der Waals surface area contributed by atoms with Gasteiger partial charge >= 0.3 is 0 Å². The number of carbonyl (C=O) groups excluding carboxylic acids is 1. The molecule has 0 saturated heterocycles. The first kappa shape index (κ1) is 14.8. The van der Waals surface area contributed by atoms with Crippen molar-refractivity contribution < 1.29 is 9.90 Å². The molecule has 1 aromatic heterocycles. The first-order valence-electron chi connectivity index (χ1n) is 7.17. The Balaban J connectivity index is 1.92. The van der Waals surface area contributed by atoms with Crippen LogP contribution in [0.3, 0.4) is 0 Å². The van der Waals surface area contributed by atoms with Gasteiger partial charge in [-0.15, -0.1) is 0 Å². The van der Waals surface area contributed by atoms with Gasteiger partial charge in [-0.25, -0.2) is 4.98 Å². The second-order valence-electron chi connectivity index (χ2n) is 5.62. The Hall–Kier alpha value is -1.62. The minimum Gasteiger partial charge on any atom is -0.393 e. The highest BCUT2D eigenvalue weighted by Crippen LogP contribution is 2.23. The van der Waals surface area contributed by atoms with Crippen molar-refractivity contribution in [1.82, 2.24) is 10.3 Å². The zero-order valence-corrected chi connectivity index (χ0v) is 12.2. The SMILES string of the molecule is CN(C)c1cc(C(=O)NCC2CCCCC2O)ccn1. The van der Waals surface area contributed by atoms with Crippen LogP contribution >= 0.6 is 0 Å². The third kappa shape index (κ3) is 3.70. The quantitative estimate of drug-likeness (QED) is 0.874. The number of aliphatic hydroxyl groups is 1. The van der Waals surface area contributed by atoms with Gasteiger partial charge in [0.2, 0.25) is 0 Å². The van der Waals surface area contributed by atoms with Gasteiger partial charge in [-0.2, -0.15) is 0 Å². The number of amides is 1. The Morgan fingerprint density at radius 2 is 2.20 bits per heavy atom. The first-order valence-corrected chi connectivity index (χ1v) is 7.17. The van der Waals surface area contributed by atoms with Gasteiger partial charge in [0.05, 0.1) is 6.10 Å². The van der Waals surface area contributed by atoms with Gasteiger partial charge in [0.1, 0.15) is 5.82 Å². The van der Waals surface area contributed by atoms with Crippen LogP contribution in [0, 0.1) is 5.92 Å². The van der Waals surface area contributed by atoms with E-state index in [1.54, 1.807) is 18.3 Å². The summed E-state index contributed by atoms with van der Waals surface area (Å²) in [4.78, 5) is 18.2. The van der Waals surface area contributed by atoms with Crippen molar-refractivity contribution in [2.45, 2.75) is 31.8 Å². The second kappa shape index (κ2) is 6.70. The fourth-order valence-corrected chi connectivity index (χ4v) is 2.56. The van der Waals surface area contributed by atoms with Gasteiger partial charge in [0, 0.05) is 38.3 Å². The van der Waals surface area contributed by atoms with Crippen molar-refractivity contribution >= 4 is 11.7 Å². The van der Waals surface area contributed by atoms with E-state index in [0.717, 1.165) is 31.5 Å². The molecule has 1 aromatic rings. The van der Waals surface area contributed by atoms with Crippen LogP contribution in [0.2, 0.25) is 0 Å². The molecule has 1 aliphatic rings. The number of nitrogens with zero attached hydrogens (tertiary/aromatic N) is 2. The van der Waals surface area contributed by atoms with Gasteiger partial charge < -0.3 is 15.3 Å². The molecule has 0 bridgehead atoms. The molecule has 0 radical (unpaired) electrons. The van der Waals surface area contributed by atoms with E-state index in [1.165, 1.54) is 0 Å². The molecule has 2 atom stereocenters. The zero-order valence-electron chi connectivity index (χ0n) is 12.2. The summed E-state index contributed by atoms with van der Waals surface area (Å²) in [7, 11) is 3.78. The summed E-state index contributed by atoms with van der Waals surface area (Å²) in [5.74, 6) is 0.839. The van der Waals surface area contributed by atoms with Gasteiger partial charge in [-0.3, -0.25) is 4.79 Å². The summed E-state index contributed by atoms with van der Waals surface area (Å²) in [6.07, 6.45) is 5.42. The average Bonchev–Trinajstić information content (AvgIpc) is 2.46. The number of nitrogens with one attached hydrogen (secondary N) is 1. The van der Waals surface area contributed by atoms with Crippen LogP contribution in [0.5, 0.6) is 0 Å². The summed E-state index contributed by atoms with van der Waals surface area (Å²) in [5, 5.41) is 12.8. The van der Waals surface area contributed by atoms with Crippen molar-refractivity contribution in [1.29, 1.82) is 0 Å². The van der Waals surface area contributed by atoms with Crippen LogP contribution in [0.25, 0.3) is 0 Å². The molecule has 2 unspecified atom stereocenters. The van der Waals surface area contributed by atoms with E-state index < -0.39 is 0 Å². The molecule has 0 spiro atoms. The predicted octanol–water partition coefficient (Wildman–Crippen LogP) is 1.43. The Bertz CT molecular complexity index is 462. The summed E-state index contributed by atoms with van der Waals surface area (Å²) < 4.78 is 0. The molecule has 1 amide bonds. The van der Waals surface area contributed by atoms with E-state index in [9.17, 15) is 9.90 Å². The van der Waals surface area contributed by atoms with E-state index in [1.807, 2.05) is 19.0 Å². The topological polar surface area (TPSA) is 65.5 Å². The number of aliphatic hydroxyl groups excluding tert-OH is 1. The van der Waals surface area contributed by atoms with Crippen molar-refractivity contribution in [3.05, 3.63) is 23.9 Å². The maximum Gasteiger partial charge on any atom is 0.251 e. The van der Waals surface area contributed by atoms with Crippen molar-refractivity contribution in [3.63, 3.8) is 0 Å². The maximum atomic E-state index is 12.1. The van der Waals surface area contributed by atoms with Crippen molar-refractivity contribution in [3.8, 4) is 0 Å². The summed E-state index contributed by atoms with van der Waals surface area (Å²) in [5.41, 5.74) is 0.606. The molecule has 2 N–H and O–H groups in total. The lowest BCUT2D eigenvalue weighted by Crippen LogP contribution is -2.36. The number of carbonyl (C=O) groups is 1. The Morgan fingerprint density at radius 1 is 1.45 bits per heavy atom. The Kier molecular flexibility index (Phi) is 4.95. The molecule has 5 heteroatoms. The van der Waals surface area contributed by atoms with E-state index in [0.29, 0.717) is 12.1 Å². The molecular weight excluding hydrogens is 254 g/mol. The fraction of sp³-hybridized carbons (Fsp3) is 0.600. The third-order valence-electron chi connectivity index (χ3n) is 3.86. The fourth-order valence-electron chi connectivity index (χ4n) is 2.56. The smallest absolute Gasteiger partial charge is 0.251 e. The van der Waals surface area contributed by atoms with E-state index in [-0.39, 0.29) is 17.9 Å². The number of aromatic nitrogens is 1. The van der Waals surface area contributed by atoms with Gasteiger partial charge in [-0.1, -0.05) is 12.8 Å². The van der Waals surface area contributed by atoms with E-state index in [4.69, 9.17) is 0 Å². The van der Waals surface area contributed by atoms with Crippen LogP contribution in [0.1, 0.15) is 36.0 Å². The first-order chi connectivity index (χ1) is 9.58. The molecule has 1 heterocycles. The van der Waals surface area contributed by atoms with E-state index >= 15 is 0 Å². The van der Waals surface area contributed by atoms with Crippen LogP contribution < -0.4 is 10.2 Å². The number of hydrogen-bond donors (Lipinski definition) is 2.